The summed E-state index contributed by atoms with van der Waals surface area (Å²) in [7, 11) is 0. The van der Waals surface area contributed by atoms with Gasteiger partial charge in [-0.3, -0.25) is 4.90 Å². The summed E-state index contributed by atoms with van der Waals surface area (Å²) in [6, 6.07) is -0.0843. The summed E-state index contributed by atoms with van der Waals surface area (Å²) < 4.78 is 6.54. The number of rotatable bonds is 1. The number of hydrogen-bond donors (Lipinski definition) is 1. The topological polar surface area (TPSA) is 67.3 Å². The fourth-order valence-corrected chi connectivity index (χ4v) is 3.11. The van der Waals surface area contributed by atoms with E-state index in [-0.39, 0.29) is 17.7 Å². The van der Waals surface area contributed by atoms with E-state index in [1.807, 2.05) is 25.7 Å². The maximum absolute atomic E-state index is 12.5. The molecule has 21 heavy (non-hydrogen) atoms. The minimum Gasteiger partial charge on any atom is -0.444 e. The van der Waals surface area contributed by atoms with Gasteiger partial charge in [-0.15, -0.1) is 0 Å². The maximum atomic E-state index is 12.5. The monoisotopic (exact) mass is 402 g/mol. The largest absolute Gasteiger partial charge is 0.444 e. The normalized spacial score (nSPS) is 23.4. The Morgan fingerprint density at radius 1 is 1.43 bits per heavy atom. The minimum atomic E-state index is -0.498. The number of likely N-dealkylation sites (tertiary alicyclic amines) is 1. The second kappa shape index (κ2) is 5.05. The summed E-state index contributed by atoms with van der Waals surface area (Å²) in [6.07, 6.45) is 4.17. The first-order valence-corrected chi connectivity index (χ1v) is 8.09. The van der Waals surface area contributed by atoms with Gasteiger partial charge in [-0.1, -0.05) is 0 Å². The Balaban J connectivity index is 1.81. The fourth-order valence-electron chi connectivity index (χ4n) is 2.83. The number of nitrogens with zero attached hydrogens (tertiary/aromatic N) is 3. The molecule has 3 heterocycles. The lowest BCUT2D eigenvalue weighted by atomic mass is 9.73. The third-order valence-electron chi connectivity index (χ3n) is 3.83. The highest BCUT2D eigenvalue weighted by Crippen LogP contribution is 2.48. The molecule has 2 fully saturated rings. The van der Waals surface area contributed by atoms with E-state index in [9.17, 15) is 4.79 Å². The number of nitrogens with one attached hydrogen (secondary N) is 1. The number of carbonyl (C=O) groups excluding carboxylic acids is 1. The summed E-state index contributed by atoms with van der Waals surface area (Å²) in [6.45, 7) is 7.27. The van der Waals surface area contributed by atoms with Crippen molar-refractivity contribution in [2.45, 2.75) is 44.4 Å². The van der Waals surface area contributed by atoms with Crippen molar-refractivity contribution in [3.05, 3.63) is 21.8 Å². The van der Waals surface area contributed by atoms with Crippen LogP contribution in [0.4, 0.5) is 4.79 Å². The lowest BCUT2D eigenvalue weighted by Gasteiger charge is -2.61. The lowest BCUT2D eigenvalue weighted by molar-refractivity contribution is -0.108. The van der Waals surface area contributed by atoms with E-state index in [0.29, 0.717) is 5.82 Å². The standard InChI is InChI=1S/C14H19IN4O2/c1-13(2,3)21-12(20)19-10(4-14(19)7-16-8-14)11-17-5-9(15)6-18-11/h5-6,10,16H,4,7-8H2,1-3H3. The number of carbonyl (C=O) groups is 1. The number of halogens is 1. The molecule has 3 rings (SSSR count). The van der Waals surface area contributed by atoms with Crippen LogP contribution in [-0.4, -0.2) is 45.2 Å². The van der Waals surface area contributed by atoms with Gasteiger partial charge in [0.05, 0.1) is 11.6 Å². The Hall–Kier alpha value is -0.960. The van der Waals surface area contributed by atoms with Crippen LogP contribution >= 0.6 is 22.6 Å². The van der Waals surface area contributed by atoms with Gasteiger partial charge in [-0.05, 0) is 43.4 Å². The van der Waals surface area contributed by atoms with Gasteiger partial charge in [-0.2, -0.15) is 0 Å². The van der Waals surface area contributed by atoms with Crippen molar-refractivity contribution in [3.63, 3.8) is 0 Å². The molecule has 7 heteroatoms. The number of ether oxygens (including phenoxy) is 1. The molecular formula is C14H19IN4O2. The zero-order valence-electron chi connectivity index (χ0n) is 12.4. The third kappa shape index (κ3) is 2.73. The Bertz CT molecular complexity index is 551. The van der Waals surface area contributed by atoms with Gasteiger partial charge in [0.15, 0.2) is 5.82 Å². The van der Waals surface area contributed by atoms with E-state index in [1.54, 1.807) is 12.4 Å². The van der Waals surface area contributed by atoms with Crippen LogP contribution in [0.1, 0.15) is 39.1 Å². The van der Waals surface area contributed by atoms with Gasteiger partial charge < -0.3 is 10.1 Å². The first kappa shape index (κ1) is 15.0. The fraction of sp³-hybridized carbons (Fsp3) is 0.643. The molecule has 6 nitrogen and oxygen atoms in total. The van der Waals surface area contributed by atoms with Crippen LogP contribution in [0.3, 0.4) is 0 Å². The molecule has 2 aliphatic rings. The van der Waals surface area contributed by atoms with Gasteiger partial charge >= 0.3 is 6.09 Å². The van der Waals surface area contributed by atoms with Crippen molar-refractivity contribution >= 4 is 28.7 Å². The average molecular weight is 402 g/mol. The molecule has 0 aromatic carbocycles. The molecule has 0 aliphatic carbocycles. The lowest BCUT2D eigenvalue weighted by Crippen LogP contribution is -2.78. The van der Waals surface area contributed by atoms with E-state index in [0.717, 1.165) is 23.1 Å². The molecule has 1 aromatic rings. The Morgan fingerprint density at radius 3 is 2.52 bits per heavy atom. The van der Waals surface area contributed by atoms with Crippen LogP contribution < -0.4 is 5.32 Å². The highest BCUT2D eigenvalue weighted by Gasteiger charge is 2.60. The predicted octanol–water partition coefficient (Wildman–Crippen LogP) is 2.11. The van der Waals surface area contributed by atoms with Gasteiger partial charge in [0.2, 0.25) is 0 Å². The van der Waals surface area contributed by atoms with Crippen molar-refractivity contribution in [3.8, 4) is 0 Å². The summed E-state index contributed by atoms with van der Waals surface area (Å²) in [5.74, 6) is 0.693. The van der Waals surface area contributed by atoms with Crippen molar-refractivity contribution < 1.29 is 9.53 Å². The molecule has 0 bridgehead atoms. The molecule has 1 unspecified atom stereocenters. The van der Waals surface area contributed by atoms with E-state index in [2.05, 4.69) is 37.9 Å². The van der Waals surface area contributed by atoms with Crippen molar-refractivity contribution in [2.24, 2.45) is 0 Å². The maximum Gasteiger partial charge on any atom is 0.411 e. The summed E-state index contributed by atoms with van der Waals surface area (Å²) in [5, 5.41) is 3.24. The first-order valence-electron chi connectivity index (χ1n) is 7.01. The molecule has 0 radical (unpaired) electrons. The van der Waals surface area contributed by atoms with Gasteiger partial charge in [0, 0.05) is 35.5 Å². The summed E-state index contributed by atoms with van der Waals surface area (Å²) >= 11 is 2.17. The molecule has 1 amide bonds. The predicted molar refractivity (Wildman–Crippen MR) is 85.8 cm³/mol. The molecule has 114 valence electrons. The molecule has 2 aliphatic heterocycles. The third-order valence-corrected chi connectivity index (χ3v) is 4.39. The number of hydrogen-bond acceptors (Lipinski definition) is 5. The van der Waals surface area contributed by atoms with Crippen LogP contribution in [0, 0.1) is 3.57 Å². The number of amides is 1. The van der Waals surface area contributed by atoms with Crippen LogP contribution in [0.2, 0.25) is 0 Å². The van der Waals surface area contributed by atoms with Gasteiger partial charge in [0.25, 0.3) is 0 Å². The molecular weight excluding hydrogens is 383 g/mol. The molecule has 1 spiro atoms. The Kier molecular flexibility index (Phi) is 3.59. The average Bonchev–Trinajstić information content (AvgIpc) is 2.25. The van der Waals surface area contributed by atoms with E-state index >= 15 is 0 Å². The Morgan fingerprint density at radius 2 is 2.05 bits per heavy atom. The van der Waals surface area contributed by atoms with Crippen molar-refractivity contribution in [1.82, 2.24) is 20.2 Å². The smallest absolute Gasteiger partial charge is 0.411 e. The zero-order valence-corrected chi connectivity index (χ0v) is 14.5. The van der Waals surface area contributed by atoms with Gasteiger partial charge in [-0.25, -0.2) is 14.8 Å². The van der Waals surface area contributed by atoms with Crippen LogP contribution in [0.15, 0.2) is 12.4 Å². The molecule has 1 N–H and O–H groups in total. The molecule has 1 atom stereocenters. The molecule has 2 saturated heterocycles. The van der Waals surface area contributed by atoms with Crippen molar-refractivity contribution in [1.29, 1.82) is 0 Å². The van der Waals surface area contributed by atoms with E-state index < -0.39 is 5.60 Å². The summed E-state index contributed by atoms with van der Waals surface area (Å²) in [4.78, 5) is 23.1. The minimum absolute atomic E-state index is 0.0843. The van der Waals surface area contributed by atoms with Crippen LogP contribution in [0.25, 0.3) is 0 Å². The molecule has 0 saturated carbocycles. The number of aromatic nitrogens is 2. The Labute approximate surface area is 137 Å². The molecule has 1 aromatic heterocycles. The van der Waals surface area contributed by atoms with Gasteiger partial charge in [0.1, 0.15) is 5.60 Å². The van der Waals surface area contributed by atoms with E-state index in [4.69, 9.17) is 4.74 Å². The summed E-state index contributed by atoms with van der Waals surface area (Å²) in [5.41, 5.74) is -0.609. The second-order valence-corrected chi connectivity index (χ2v) is 7.90. The van der Waals surface area contributed by atoms with E-state index in [1.165, 1.54) is 0 Å². The van der Waals surface area contributed by atoms with Crippen LogP contribution in [0.5, 0.6) is 0 Å². The quantitative estimate of drug-likeness (QED) is 0.729. The zero-order chi connectivity index (χ0) is 15.3. The highest BCUT2D eigenvalue weighted by molar-refractivity contribution is 14.1. The second-order valence-electron chi connectivity index (χ2n) is 6.66. The van der Waals surface area contributed by atoms with Crippen molar-refractivity contribution in [2.75, 3.05) is 13.1 Å². The SMILES string of the molecule is CC(C)(C)OC(=O)N1C(c2ncc(I)cn2)CC12CNC2. The first-order chi connectivity index (χ1) is 9.81. The highest BCUT2D eigenvalue weighted by atomic mass is 127. The van der Waals surface area contributed by atoms with Crippen LogP contribution in [-0.2, 0) is 4.74 Å².